The summed E-state index contributed by atoms with van der Waals surface area (Å²) in [6.45, 7) is 2.09. The van der Waals surface area contributed by atoms with Gasteiger partial charge >= 0.3 is 0 Å². The van der Waals surface area contributed by atoms with Gasteiger partial charge < -0.3 is 15.8 Å². The molecule has 6 heteroatoms. The number of likely N-dealkylation sites (N-methyl/N-ethyl adjacent to an activating group) is 1. The van der Waals surface area contributed by atoms with Crippen molar-refractivity contribution in [3.8, 4) is 17.0 Å². The highest BCUT2D eigenvalue weighted by Crippen LogP contribution is 2.29. The molecular weight excluding hydrogens is 286 g/mol. The number of nitrogens with two attached hydrogens (primary N) is 1. The Bertz CT molecular complexity index is 625. The number of aromatic nitrogens is 1. The first-order chi connectivity index (χ1) is 10.1. The molecule has 0 saturated heterocycles. The van der Waals surface area contributed by atoms with Crippen molar-refractivity contribution in [2.75, 3.05) is 19.4 Å². The van der Waals surface area contributed by atoms with E-state index in [1.54, 1.807) is 24.5 Å². The average Bonchev–Trinajstić information content (AvgIpc) is 2.94. The molecule has 0 aliphatic carbocycles. The number of hydrogen-bond donors (Lipinski definition) is 2. The van der Waals surface area contributed by atoms with Crippen LogP contribution in [-0.2, 0) is 11.2 Å². The lowest BCUT2D eigenvalue weighted by atomic mass is 10.1. The van der Waals surface area contributed by atoms with E-state index < -0.39 is 0 Å². The predicted octanol–water partition coefficient (Wildman–Crippen LogP) is 2.47. The van der Waals surface area contributed by atoms with Crippen molar-refractivity contribution in [1.82, 2.24) is 10.3 Å². The summed E-state index contributed by atoms with van der Waals surface area (Å²) in [4.78, 5) is 15.8. The van der Waals surface area contributed by atoms with Gasteiger partial charge in [0, 0.05) is 18.0 Å². The maximum Gasteiger partial charge on any atom is 0.257 e. The lowest BCUT2D eigenvalue weighted by Crippen LogP contribution is -2.25. The van der Waals surface area contributed by atoms with E-state index in [4.69, 9.17) is 10.5 Å². The second kappa shape index (κ2) is 7.08. The van der Waals surface area contributed by atoms with Gasteiger partial charge in [0.25, 0.3) is 5.91 Å². The summed E-state index contributed by atoms with van der Waals surface area (Å²) < 4.78 is 5.37. The van der Waals surface area contributed by atoms with Gasteiger partial charge in [-0.05, 0) is 31.0 Å². The first-order valence-electron chi connectivity index (χ1n) is 6.81. The van der Waals surface area contributed by atoms with Gasteiger partial charge in [0.05, 0.1) is 16.4 Å². The zero-order chi connectivity index (χ0) is 15.2. The number of hydrogen-bond acceptors (Lipinski definition) is 5. The van der Waals surface area contributed by atoms with Crippen molar-refractivity contribution >= 4 is 22.9 Å². The number of carbonyl (C=O) groups excluding carboxylic acids is 1. The van der Waals surface area contributed by atoms with Crippen molar-refractivity contribution in [2.45, 2.75) is 19.8 Å². The molecule has 1 amide bonds. The zero-order valence-electron chi connectivity index (χ0n) is 12.2. The molecule has 112 valence electrons. The van der Waals surface area contributed by atoms with E-state index in [1.807, 2.05) is 17.5 Å². The van der Waals surface area contributed by atoms with E-state index in [0.29, 0.717) is 11.4 Å². The van der Waals surface area contributed by atoms with Crippen LogP contribution in [0.1, 0.15) is 18.4 Å². The van der Waals surface area contributed by atoms with Crippen LogP contribution in [0.15, 0.2) is 23.6 Å². The lowest BCUT2D eigenvalue weighted by Gasteiger charge is -2.09. The SMILES string of the molecule is CCCc1nc(-c2ccc(OCC(=O)NC)c(N)c2)cs1. The van der Waals surface area contributed by atoms with Crippen molar-refractivity contribution in [3.05, 3.63) is 28.6 Å². The number of nitrogens with one attached hydrogen (secondary N) is 1. The van der Waals surface area contributed by atoms with E-state index in [2.05, 4.69) is 17.2 Å². The van der Waals surface area contributed by atoms with Crippen molar-refractivity contribution in [2.24, 2.45) is 0 Å². The highest BCUT2D eigenvalue weighted by molar-refractivity contribution is 7.09. The number of carbonyl (C=O) groups is 1. The predicted molar refractivity (Wildman–Crippen MR) is 85.5 cm³/mol. The molecule has 21 heavy (non-hydrogen) atoms. The number of aryl methyl sites for hydroxylation is 1. The quantitative estimate of drug-likeness (QED) is 0.804. The smallest absolute Gasteiger partial charge is 0.257 e. The molecule has 0 saturated carbocycles. The van der Waals surface area contributed by atoms with Crippen LogP contribution in [0.25, 0.3) is 11.3 Å². The molecular formula is C15H19N3O2S. The fourth-order valence-corrected chi connectivity index (χ4v) is 2.74. The first kappa shape index (κ1) is 15.3. The first-order valence-corrected chi connectivity index (χ1v) is 7.69. The third kappa shape index (κ3) is 3.95. The van der Waals surface area contributed by atoms with Crippen molar-refractivity contribution < 1.29 is 9.53 Å². The van der Waals surface area contributed by atoms with Crippen LogP contribution >= 0.6 is 11.3 Å². The summed E-state index contributed by atoms with van der Waals surface area (Å²) >= 11 is 1.66. The molecule has 1 aromatic carbocycles. The second-order valence-electron chi connectivity index (χ2n) is 4.59. The number of rotatable bonds is 6. The van der Waals surface area contributed by atoms with Gasteiger partial charge in [0.1, 0.15) is 5.75 Å². The summed E-state index contributed by atoms with van der Waals surface area (Å²) in [6.07, 6.45) is 2.08. The number of nitrogen functional groups attached to an aromatic ring is 1. The highest BCUT2D eigenvalue weighted by atomic mass is 32.1. The maximum absolute atomic E-state index is 11.2. The summed E-state index contributed by atoms with van der Waals surface area (Å²) in [5, 5.41) is 5.66. The molecule has 0 radical (unpaired) electrons. The fraction of sp³-hybridized carbons (Fsp3) is 0.333. The van der Waals surface area contributed by atoms with Gasteiger partial charge in [-0.2, -0.15) is 0 Å². The van der Waals surface area contributed by atoms with Gasteiger partial charge in [0.2, 0.25) is 0 Å². The third-order valence-electron chi connectivity index (χ3n) is 2.96. The largest absolute Gasteiger partial charge is 0.482 e. The van der Waals surface area contributed by atoms with E-state index in [0.717, 1.165) is 29.1 Å². The minimum absolute atomic E-state index is 0.0443. The van der Waals surface area contributed by atoms with E-state index in [1.165, 1.54) is 0 Å². The molecule has 5 nitrogen and oxygen atoms in total. The minimum Gasteiger partial charge on any atom is -0.482 e. The van der Waals surface area contributed by atoms with E-state index >= 15 is 0 Å². The number of benzene rings is 1. The summed E-state index contributed by atoms with van der Waals surface area (Å²) in [5.74, 6) is 0.313. The summed E-state index contributed by atoms with van der Waals surface area (Å²) in [7, 11) is 1.56. The van der Waals surface area contributed by atoms with Gasteiger partial charge in [-0.3, -0.25) is 4.79 Å². The number of nitrogens with zero attached hydrogens (tertiary/aromatic N) is 1. The molecule has 0 fully saturated rings. The number of thiazole rings is 1. The Morgan fingerprint density at radius 3 is 2.95 bits per heavy atom. The van der Waals surface area contributed by atoms with Crippen LogP contribution in [0.4, 0.5) is 5.69 Å². The molecule has 0 unspecified atom stereocenters. The Morgan fingerprint density at radius 2 is 2.29 bits per heavy atom. The molecule has 1 aromatic heterocycles. The molecule has 0 spiro atoms. The summed E-state index contributed by atoms with van der Waals surface area (Å²) in [5.41, 5.74) is 8.35. The highest BCUT2D eigenvalue weighted by Gasteiger charge is 2.08. The Labute approximate surface area is 128 Å². The standard InChI is InChI=1S/C15H19N3O2S/c1-3-4-15-18-12(9-21-15)10-5-6-13(11(16)7-10)20-8-14(19)17-2/h5-7,9H,3-4,8,16H2,1-2H3,(H,17,19). The number of ether oxygens (including phenoxy) is 1. The topological polar surface area (TPSA) is 77.2 Å². The minimum atomic E-state index is -0.192. The van der Waals surface area contributed by atoms with Crippen LogP contribution in [0.3, 0.4) is 0 Å². The second-order valence-corrected chi connectivity index (χ2v) is 5.53. The molecule has 2 aromatic rings. The molecule has 0 aliphatic rings. The maximum atomic E-state index is 11.2. The molecule has 3 N–H and O–H groups in total. The monoisotopic (exact) mass is 305 g/mol. The molecule has 1 heterocycles. The molecule has 0 bridgehead atoms. The zero-order valence-corrected chi connectivity index (χ0v) is 13.0. The third-order valence-corrected chi connectivity index (χ3v) is 3.87. The van der Waals surface area contributed by atoms with Gasteiger partial charge in [-0.15, -0.1) is 11.3 Å². The van der Waals surface area contributed by atoms with Gasteiger partial charge in [-0.25, -0.2) is 4.98 Å². The van der Waals surface area contributed by atoms with Crippen molar-refractivity contribution in [1.29, 1.82) is 0 Å². The lowest BCUT2D eigenvalue weighted by molar-refractivity contribution is -0.122. The average molecular weight is 305 g/mol. The molecule has 0 aliphatic heterocycles. The van der Waals surface area contributed by atoms with Crippen LogP contribution in [0, 0.1) is 0 Å². The van der Waals surface area contributed by atoms with Crippen LogP contribution in [0.5, 0.6) is 5.75 Å². The fourth-order valence-electron chi connectivity index (χ4n) is 1.83. The Hall–Kier alpha value is -2.08. The van der Waals surface area contributed by atoms with Crippen molar-refractivity contribution in [3.63, 3.8) is 0 Å². The Morgan fingerprint density at radius 1 is 1.48 bits per heavy atom. The normalized spacial score (nSPS) is 10.4. The van der Waals surface area contributed by atoms with Crippen LogP contribution in [-0.4, -0.2) is 24.5 Å². The van der Waals surface area contributed by atoms with Gasteiger partial charge in [0.15, 0.2) is 6.61 Å². The van der Waals surface area contributed by atoms with E-state index in [9.17, 15) is 4.79 Å². The number of amides is 1. The molecule has 2 rings (SSSR count). The molecule has 0 atom stereocenters. The van der Waals surface area contributed by atoms with Crippen LogP contribution < -0.4 is 15.8 Å². The number of anilines is 1. The Balaban J connectivity index is 2.12. The van der Waals surface area contributed by atoms with E-state index in [-0.39, 0.29) is 12.5 Å². The summed E-state index contributed by atoms with van der Waals surface area (Å²) in [6, 6.07) is 5.50. The Kier molecular flexibility index (Phi) is 5.16. The van der Waals surface area contributed by atoms with Crippen LogP contribution in [0.2, 0.25) is 0 Å². The van der Waals surface area contributed by atoms with Gasteiger partial charge in [-0.1, -0.05) is 6.92 Å².